The summed E-state index contributed by atoms with van der Waals surface area (Å²) in [5, 5.41) is 8.15. The second kappa shape index (κ2) is 6.08. The Hall–Kier alpha value is -0.830. The van der Waals surface area contributed by atoms with E-state index in [9.17, 15) is 0 Å². The van der Waals surface area contributed by atoms with Gasteiger partial charge in [0.2, 0.25) is 0 Å². The van der Waals surface area contributed by atoms with Gasteiger partial charge in [0.05, 0.1) is 6.54 Å². The largest absolute Gasteiger partial charge is 0.309 e. The van der Waals surface area contributed by atoms with Gasteiger partial charge in [-0.15, -0.1) is 0 Å². The van der Waals surface area contributed by atoms with Crippen molar-refractivity contribution in [1.82, 2.24) is 15.1 Å². The maximum Gasteiger partial charge on any atom is 0.0560 e. The summed E-state index contributed by atoms with van der Waals surface area (Å²) < 4.78 is 2.02. The molecule has 0 bridgehead atoms. The monoisotopic (exact) mass is 263 g/mol. The number of rotatable bonds is 4. The van der Waals surface area contributed by atoms with Gasteiger partial charge in [0.25, 0.3) is 0 Å². The lowest BCUT2D eigenvalue weighted by atomic mass is 9.69. The maximum absolute atomic E-state index is 4.29. The summed E-state index contributed by atoms with van der Waals surface area (Å²) in [6.45, 7) is 10.4. The highest BCUT2D eigenvalue weighted by Crippen LogP contribution is 2.38. The minimum atomic E-state index is 0.406. The highest BCUT2D eigenvalue weighted by Gasteiger charge is 2.34. The van der Waals surface area contributed by atoms with E-state index in [1.54, 1.807) is 0 Å². The van der Waals surface area contributed by atoms with E-state index in [4.69, 9.17) is 0 Å². The van der Waals surface area contributed by atoms with Crippen LogP contribution in [0.5, 0.6) is 0 Å². The molecule has 1 aromatic heterocycles. The minimum absolute atomic E-state index is 0.406. The molecule has 1 aliphatic carbocycles. The molecule has 1 fully saturated rings. The van der Waals surface area contributed by atoms with E-state index in [1.807, 2.05) is 23.1 Å². The third-order valence-corrected chi connectivity index (χ3v) is 4.40. The summed E-state index contributed by atoms with van der Waals surface area (Å²) in [4.78, 5) is 0. The van der Waals surface area contributed by atoms with Crippen molar-refractivity contribution in [2.24, 2.45) is 11.3 Å². The molecule has 19 heavy (non-hydrogen) atoms. The van der Waals surface area contributed by atoms with E-state index in [1.165, 1.54) is 25.7 Å². The molecule has 3 atom stereocenters. The van der Waals surface area contributed by atoms with Crippen LogP contribution in [0.3, 0.4) is 0 Å². The Bertz CT molecular complexity index is 364. The van der Waals surface area contributed by atoms with Gasteiger partial charge in [-0.3, -0.25) is 4.68 Å². The number of hydrogen-bond acceptors (Lipinski definition) is 2. The summed E-state index contributed by atoms with van der Waals surface area (Å²) in [7, 11) is 0. The third kappa shape index (κ3) is 4.07. The molecule has 0 aliphatic heterocycles. The Morgan fingerprint density at radius 2 is 2.05 bits per heavy atom. The standard InChI is InChI=1S/C16H29N3/c1-13(12-19-11-7-10-17-19)18-15-9-6-5-8-14(15)16(2,3)4/h7,10-11,13-15,18H,5-6,8-9,12H2,1-4H3. The first-order chi connectivity index (χ1) is 8.97. The summed E-state index contributed by atoms with van der Waals surface area (Å²) >= 11 is 0. The molecule has 0 radical (unpaired) electrons. The van der Waals surface area contributed by atoms with Gasteiger partial charge in [0, 0.05) is 24.5 Å². The molecular weight excluding hydrogens is 234 g/mol. The van der Waals surface area contributed by atoms with Gasteiger partial charge in [0.1, 0.15) is 0 Å². The molecule has 3 heteroatoms. The fourth-order valence-electron chi connectivity index (χ4n) is 3.47. The van der Waals surface area contributed by atoms with Crippen LogP contribution in [0.4, 0.5) is 0 Å². The van der Waals surface area contributed by atoms with Crippen molar-refractivity contribution in [3.05, 3.63) is 18.5 Å². The van der Waals surface area contributed by atoms with Gasteiger partial charge >= 0.3 is 0 Å². The Morgan fingerprint density at radius 3 is 2.68 bits per heavy atom. The van der Waals surface area contributed by atoms with Gasteiger partial charge in [0.15, 0.2) is 0 Å². The highest BCUT2D eigenvalue weighted by molar-refractivity contribution is 4.89. The van der Waals surface area contributed by atoms with Gasteiger partial charge in [-0.1, -0.05) is 33.6 Å². The van der Waals surface area contributed by atoms with Crippen molar-refractivity contribution in [2.45, 2.75) is 72.0 Å². The zero-order valence-electron chi connectivity index (χ0n) is 12.9. The molecule has 2 rings (SSSR count). The molecule has 0 aromatic carbocycles. The van der Waals surface area contributed by atoms with Crippen LogP contribution in [0.25, 0.3) is 0 Å². The zero-order chi connectivity index (χ0) is 13.9. The van der Waals surface area contributed by atoms with Crippen molar-refractivity contribution in [3.8, 4) is 0 Å². The first-order valence-corrected chi connectivity index (χ1v) is 7.70. The highest BCUT2D eigenvalue weighted by atomic mass is 15.3. The van der Waals surface area contributed by atoms with Gasteiger partial charge in [-0.05, 0) is 37.2 Å². The van der Waals surface area contributed by atoms with Crippen LogP contribution < -0.4 is 5.32 Å². The van der Waals surface area contributed by atoms with Crippen molar-refractivity contribution in [1.29, 1.82) is 0 Å². The maximum atomic E-state index is 4.29. The summed E-state index contributed by atoms with van der Waals surface area (Å²) in [5.74, 6) is 0.793. The summed E-state index contributed by atoms with van der Waals surface area (Å²) in [6, 6.07) is 3.14. The SMILES string of the molecule is CC(Cn1cccn1)NC1CCCCC1C(C)(C)C. The lowest BCUT2D eigenvalue weighted by molar-refractivity contribution is 0.122. The number of nitrogens with one attached hydrogen (secondary N) is 1. The quantitative estimate of drug-likeness (QED) is 0.901. The van der Waals surface area contributed by atoms with E-state index in [0.29, 0.717) is 17.5 Å². The molecule has 3 unspecified atom stereocenters. The van der Waals surface area contributed by atoms with Gasteiger partial charge in [-0.2, -0.15) is 5.10 Å². The third-order valence-electron chi connectivity index (χ3n) is 4.40. The van der Waals surface area contributed by atoms with Crippen molar-refractivity contribution in [3.63, 3.8) is 0 Å². The molecular formula is C16H29N3. The Balaban J connectivity index is 1.92. The second-order valence-corrected chi connectivity index (χ2v) is 7.16. The number of aromatic nitrogens is 2. The topological polar surface area (TPSA) is 29.9 Å². The van der Waals surface area contributed by atoms with Crippen LogP contribution in [0.15, 0.2) is 18.5 Å². The lowest BCUT2D eigenvalue weighted by Gasteiger charge is -2.42. The van der Waals surface area contributed by atoms with Crippen LogP contribution >= 0.6 is 0 Å². The average molecular weight is 263 g/mol. The Labute approximate surface area is 117 Å². The predicted molar refractivity (Wildman–Crippen MR) is 80.0 cm³/mol. The Morgan fingerprint density at radius 1 is 1.32 bits per heavy atom. The van der Waals surface area contributed by atoms with Crippen LogP contribution in [0.1, 0.15) is 53.4 Å². The van der Waals surface area contributed by atoms with Crippen LogP contribution in [0, 0.1) is 11.3 Å². The lowest BCUT2D eigenvalue weighted by Crippen LogP contribution is -2.48. The van der Waals surface area contributed by atoms with Crippen LogP contribution in [0.2, 0.25) is 0 Å². The molecule has 1 saturated carbocycles. The summed E-state index contributed by atoms with van der Waals surface area (Å²) in [6.07, 6.45) is 9.36. The van der Waals surface area contributed by atoms with E-state index in [0.717, 1.165) is 12.5 Å². The molecule has 1 aliphatic rings. The average Bonchev–Trinajstić information content (AvgIpc) is 2.81. The van der Waals surface area contributed by atoms with Crippen LogP contribution in [-0.2, 0) is 6.54 Å². The predicted octanol–water partition coefficient (Wildman–Crippen LogP) is 3.47. The van der Waals surface area contributed by atoms with E-state index in [2.05, 4.69) is 38.1 Å². The molecule has 0 saturated heterocycles. The normalized spacial score (nSPS) is 26.3. The van der Waals surface area contributed by atoms with Crippen LogP contribution in [-0.4, -0.2) is 21.9 Å². The fourth-order valence-corrected chi connectivity index (χ4v) is 3.47. The molecule has 108 valence electrons. The first kappa shape index (κ1) is 14.6. The fraction of sp³-hybridized carbons (Fsp3) is 0.812. The van der Waals surface area contributed by atoms with E-state index < -0.39 is 0 Å². The number of hydrogen-bond donors (Lipinski definition) is 1. The number of nitrogens with zero attached hydrogens (tertiary/aromatic N) is 2. The smallest absolute Gasteiger partial charge is 0.0560 e. The van der Waals surface area contributed by atoms with E-state index in [-0.39, 0.29) is 0 Å². The van der Waals surface area contributed by atoms with E-state index >= 15 is 0 Å². The molecule has 0 amide bonds. The van der Waals surface area contributed by atoms with Crippen molar-refractivity contribution >= 4 is 0 Å². The van der Waals surface area contributed by atoms with Crippen molar-refractivity contribution < 1.29 is 0 Å². The van der Waals surface area contributed by atoms with Gasteiger partial charge in [-0.25, -0.2) is 0 Å². The Kier molecular flexibility index (Phi) is 4.67. The molecule has 3 nitrogen and oxygen atoms in total. The first-order valence-electron chi connectivity index (χ1n) is 7.70. The molecule has 1 heterocycles. The van der Waals surface area contributed by atoms with Crippen molar-refractivity contribution in [2.75, 3.05) is 0 Å². The zero-order valence-corrected chi connectivity index (χ0v) is 12.9. The van der Waals surface area contributed by atoms with Gasteiger partial charge < -0.3 is 5.32 Å². The minimum Gasteiger partial charge on any atom is -0.309 e. The molecule has 0 spiro atoms. The second-order valence-electron chi connectivity index (χ2n) is 7.16. The molecule has 1 aromatic rings. The molecule has 1 N–H and O–H groups in total. The summed E-state index contributed by atoms with van der Waals surface area (Å²) in [5.41, 5.74) is 0.406.